The number of aromatic nitrogens is 2. The van der Waals surface area contributed by atoms with Crippen LogP contribution >= 0.6 is 0 Å². The predicted octanol–water partition coefficient (Wildman–Crippen LogP) is 1.91. The quantitative estimate of drug-likeness (QED) is 0.936. The number of imidazole rings is 1. The summed E-state index contributed by atoms with van der Waals surface area (Å²) >= 11 is 0. The summed E-state index contributed by atoms with van der Waals surface area (Å²) in [4.78, 5) is 11.6. The molecule has 0 aliphatic heterocycles. The molecule has 0 bridgehead atoms. The molecule has 1 heterocycles. The van der Waals surface area contributed by atoms with E-state index in [1.807, 2.05) is 0 Å². The average Bonchev–Trinajstić information content (AvgIpc) is 2.70. The maximum absolute atomic E-state index is 12.4. The molecule has 0 aliphatic carbocycles. The molecule has 0 fully saturated rings. The number of aryl methyl sites for hydroxylation is 1. The van der Waals surface area contributed by atoms with Crippen molar-refractivity contribution in [2.45, 2.75) is 18.8 Å². The summed E-state index contributed by atoms with van der Waals surface area (Å²) in [5.74, 6) is 0. The maximum atomic E-state index is 12.4. The second-order valence-corrected chi connectivity index (χ2v) is 4.57. The van der Waals surface area contributed by atoms with Crippen LogP contribution in [0.1, 0.15) is 17.2 Å². The first-order valence-corrected chi connectivity index (χ1v) is 5.93. The zero-order valence-electron chi connectivity index (χ0n) is 10.8. The van der Waals surface area contributed by atoms with Crippen molar-refractivity contribution in [2.75, 3.05) is 0 Å². The molecule has 0 radical (unpaired) electrons. The molecule has 7 heteroatoms. The lowest BCUT2D eigenvalue weighted by Crippen LogP contribution is -2.27. The Bertz CT molecular complexity index is 640. The second kappa shape index (κ2) is 5.16. The van der Waals surface area contributed by atoms with Gasteiger partial charge in [0.25, 0.3) is 0 Å². The monoisotopic (exact) mass is 285 g/mol. The van der Waals surface area contributed by atoms with Crippen molar-refractivity contribution in [3.05, 3.63) is 58.3 Å². The molecule has 1 aromatic heterocycles. The Balaban J connectivity index is 2.16. The van der Waals surface area contributed by atoms with Gasteiger partial charge in [-0.2, -0.15) is 13.2 Å². The minimum absolute atomic E-state index is 0.213. The van der Waals surface area contributed by atoms with Crippen molar-refractivity contribution < 1.29 is 13.2 Å². The maximum Gasteiger partial charge on any atom is 0.416 e. The molecule has 1 unspecified atom stereocenters. The molecule has 108 valence electrons. The van der Waals surface area contributed by atoms with Gasteiger partial charge < -0.3 is 10.3 Å². The van der Waals surface area contributed by atoms with Crippen molar-refractivity contribution in [1.29, 1.82) is 0 Å². The molecule has 20 heavy (non-hydrogen) atoms. The predicted molar refractivity (Wildman–Crippen MR) is 68.0 cm³/mol. The van der Waals surface area contributed by atoms with Gasteiger partial charge in [0, 0.05) is 32.0 Å². The van der Waals surface area contributed by atoms with Gasteiger partial charge in [-0.1, -0.05) is 12.1 Å². The van der Waals surface area contributed by atoms with E-state index in [0.29, 0.717) is 5.56 Å². The lowest BCUT2D eigenvalue weighted by atomic mass is 10.1. The highest BCUT2D eigenvalue weighted by Crippen LogP contribution is 2.29. The second-order valence-electron chi connectivity index (χ2n) is 4.57. The molecule has 1 atom stereocenters. The van der Waals surface area contributed by atoms with Crippen molar-refractivity contribution in [3.63, 3.8) is 0 Å². The third-order valence-corrected chi connectivity index (χ3v) is 3.08. The third-order valence-electron chi connectivity index (χ3n) is 3.08. The Morgan fingerprint density at radius 1 is 1.20 bits per heavy atom. The number of benzene rings is 1. The Kier molecular flexibility index (Phi) is 3.71. The summed E-state index contributed by atoms with van der Waals surface area (Å²) in [6.07, 6.45) is -1.17. The number of alkyl halides is 3. The fourth-order valence-electron chi connectivity index (χ4n) is 1.89. The number of hydrogen-bond donors (Lipinski definition) is 1. The van der Waals surface area contributed by atoms with E-state index in [1.54, 1.807) is 19.4 Å². The average molecular weight is 285 g/mol. The number of rotatable bonds is 3. The highest BCUT2D eigenvalue weighted by molar-refractivity contribution is 5.26. The Morgan fingerprint density at radius 2 is 1.80 bits per heavy atom. The van der Waals surface area contributed by atoms with E-state index in [9.17, 15) is 18.0 Å². The molecule has 1 aromatic carbocycles. The smallest absolute Gasteiger partial charge is 0.322 e. The van der Waals surface area contributed by atoms with Gasteiger partial charge in [-0.25, -0.2) is 4.79 Å². The first-order valence-electron chi connectivity index (χ1n) is 5.93. The van der Waals surface area contributed by atoms with Crippen LogP contribution in [0.3, 0.4) is 0 Å². The molecule has 0 amide bonds. The van der Waals surface area contributed by atoms with Crippen LogP contribution in [0.25, 0.3) is 0 Å². The van der Waals surface area contributed by atoms with Crippen LogP contribution in [0.2, 0.25) is 0 Å². The summed E-state index contributed by atoms with van der Waals surface area (Å²) in [5.41, 5.74) is 5.53. The van der Waals surface area contributed by atoms with Crippen molar-refractivity contribution in [3.8, 4) is 0 Å². The van der Waals surface area contributed by atoms with Crippen LogP contribution in [-0.2, 0) is 19.8 Å². The van der Waals surface area contributed by atoms with Gasteiger partial charge in [0.1, 0.15) is 0 Å². The van der Waals surface area contributed by atoms with Crippen molar-refractivity contribution in [2.24, 2.45) is 12.8 Å². The molecule has 0 saturated carbocycles. The van der Waals surface area contributed by atoms with E-state index in [2.05, 4.69) is 0 Å². The van der Waals surface area contributed by atoms with E-state index in [1.165, 1.54) is 21.3 Å². The van der Waals surface area contributed by atoms with Gasteiger partial charge in [-0.05, 0) is 17.7 Å². The van der Waals surface area contributed by atoms with E-state index in [4.69, 9.17) is 5.73 Å². The standard InChI is InChI=1S/C13H14F3N3O/c1-18-6-7-19(12(18)20)8-11(17)9-2-4-10(5-3-9)13(14,15)16/h2-7,11H,8,17H2,1H3. The Hall–Kier alpha value is -2.02. The van der Waals surface area contributed by atoms with Gasteiger partial charge in [0.2, 0.25) is 0 Å². The lowest BCUT2D eigenvalue weighted by molar-refractivity contribution is -0.137. The largest absolute Gasteiger partial charge is 0.416 e. The summed E-state index contributed by atoms with van der Waals surface area (Å²) in [6.45, 7) is 0.213. The Labute approximate surface area is 113 Å². The van der Waals surface area contributed by atoms with E-state index in [-0.39, 0.29) is 12.2 Å². The number of halogens is 3. The molecular weight excluding hydrogens is 271 g/mol. The first kappa shape index (κ1) is 14.4. The topological polar surface area (TPSA) is 52.9 Å². The molecule has 2 rings (SSSR count). The van der Waals surface area contributed by atoms with Crippen LogP contribution in [0.5, 0.6) is 0 Å². The van der Waals surface area contributed by atoms with Crippen LogP contribution in [0, 0.1) is 0 Å². The van der Waals surface area contributed by atoms with Gasteiger partial charge in [0.15, 0.2) is 0 Å². The van der Waals surface area contributed by atoms with E-state index in [0.717, 1.165) is 12.1 Å². The summed E-state index contributed by atoms with van der Waals surface area (Å²) in [6, 6.07) is 4.10. The molecule has 0 aliphatic rings. The van der Waals surface area contributed by atoms with Crippen LogP contribution in [-0.4, -0.2) is 9.13 Å². The summed E-state index contributed by atoms with van der Waals surface area (Å²) < 4.78 is 40.2. The van der Waals surface area contributed by atoms with Crippen LogP contribution in [0.4, 0.5) is 13.2 Å². The molecule has 2 aromatic rings. The Morgan fingerprint density at radius 3 is 2.25 bits per heavy atom. The van der Waals surface area contributed by atoms with E-state index < -0.39 is 17.8 Å². The number of nitrogens with zero attached hydrogens (tertiary/aromatic N) is 2. The minimum atomic E-state index is -4.36. The molecular formula is C13H14F3N3O. The fourth-order valence-corrected chi connectivity index (χ4v) is 1.89. The van der Waals surface area contributed by atoms with Crippen molar-refractivity contribution in [1.82, 2.24) is 9.13 Å². The molecule has 2 N–H and O–H groups in total. The fraction of sp³-hybridized carbons (Fsp3) is 0.308. The third kappa shape index (κ3) is 2.93. The summed E-state index contributed by atoms with van der Waals surface area (Å²) in [5, 5.41) is 0. The van der Waals surface area contributed by atoms with Gasteiger partial charge in [-0.3, -0.25) is 4.57 Å². The SMILES string of the molecule is Cn1ccn(CC(N)c2ccc(C(F)(F)F)cc2)c1=O. The minimum Gasteiger partial charge on any atom is -0.322 e. The normalized spacial score (nSPS) is 13.4. The van der Waals surface area contributed by atoms with Gasteiger partial charge >= 0.3 is 11.9 Å². The lowest BCUT2D eigenvalue weighted by Gasteiger charge is -2.13. The van der Waals surface area contributed by atoms with Crippen LogP contribution < -0.4 is 11.4 Å². The van der Waals surface area contributed by atoms with Gasteiger partial charge in [-0.15, -0.1) is 0 Å². The van der Waals surface area contributed by atoms with E-state index >= 15 is 0 Å². The zero-order chi connectivity index (χ0) is 14.9. The van der Waals surface area contributed by atoms with Gasteiger partial charge in [0.05, 0.1) is 5.56 Å². The van der Waals surface area contributed by atoms with Crippen molar-refractivity contribution >= 4 is 0 Å². The number of nitrogens with two attached hydrogens (primary N) is 1. The van der Waals surface area contributed by atoms with Crippen LogP contribution in [0.15, 0.2) is 41.5 Å². The highest BCUT2D eigenvalue weighted by Gasteiger charge is 2.30. The number of hydrogen-bond acceptors (Lipinski definition) is 2. The zero-order valence-corrected chi connectivity index (χ0v) is 10.8. The molecule has 4 nitrogen and oxygen atoms in total. The summed E-state index contributed by atoms with van der Waals surface area (Å²) in [7, 11) is 1.61. The first-order chi connectivity index (χ1) is 9.29. The molecule has 0 spiro atoms. The highest BCUT2D eigenvalue weighted by atomic mass is 19.4. The molecule has 0 saturated heterocycles.